The molecule has 2 aromatic carbocycles. The van der Waals surface area contributed by atoms with Crippen LogP contribution in [-0.2, 0) is 14.8 Å². The summed E-state index contributed by atoms with van der Waals surface area (Å²) in [5, 5.41) is 3.37. The van der Waals surface area contributed by atoms with Gasteiger partial charge in [0.15, 0.2) is 0 Å². The molecular weight excluding hydrogens is 402 g/mol. The van der Waals surface area contributed by atoms with Crippen molar-refractivity contribution >= 4 is 38.9 Å². The van der Waals surface area contributed by atoms with Gasteiger partial charge in [-0.05, 0) is 42.5 Å². The van der Waals surface area contributed by atoms with Crippen LogP contribution in [0, 0.1) is 0 Å². The fraction of sp³-hybridized carbons (Fsp3) is 0.316. The molecule has 0 atom stereocenters. The molecule has 9 heteroatoms. The van der Waals surface area contributed by atoms with Crippen LogP contribution in [0.1, 0.15) is 10.4 Å². The molecule has 3 rings (SSSR count). The van der Waals surface area contributed by atoms with Crippen molar-refractivity contribution in [2.45, 2.75) is 4.90 Å². The van der Waals surface area contributed by atoms with Crippen LogP contribution < -0.4 is 10.2 Å². The lowest BCUT2D eigenvalue weighted by Crippen LogP contribution is -2.37. The summed E-state index contributed by atoms with van der Waals surface area (Å²) in [7, 11) is -0.752. The summed E-state index contributed by atoms with van der Waals surface area (Å²) in [5.74, 6) is -0.389. The molecule has 1 aliphatic rings. The smallest absolute Gasteiger partial charge is 0.257 e. The number of halogens is 1. The highest BCUT2D eigenvalue weighted by Gasteiger charge is 2.24. The summed E-state index contributed by atoms with van der Waals surface area (Å²) in [4.78, 5) is 15.1. The fourth-order valence-corrected chi connectivity index (χ4v) is 3.93. The number of hydrogen-bond acceptors (Lipinski definition) is 5. The van der Waals surface area contributed by atoms with Crippen LogP contribution in [0.4, 0.5) is 11.4 Å². The minimum absolute atomic E-state index is 0.0655. The molecule has 150 valence electrons. The van der Waals surface area contributed by atoms with Crippen molar-refractivity contribution in [1.29, 1.82) is 0 Å². The minimum Gasteiger partial charge on any atom is -0.378 e. The van der Waals surface area contributed by atoms with Crippen molar-refractivity contribution in [3.05, 3.63) is 53.1 Å². The van der Waals surface area contributed by atoms with Crippen molar-refractivity contribution in [3.63, 3.8) is 0 Å². The molecule has 1 amide bonds. The molecule has 0 aromatic heterocycles. The molecule has 1 aliphatic heterocycles. The van der Waals surface area contributed by atoms with Gasteiger partial charge in [0.05, 0.1) is 23.7 Å². The van der Waals surface area contributed by atoms with Crippen LogP contribution in [0.5, 0.6) is 0 Å². The van der Waals surface area contributed by atoms with Gasteiger partial charge >= 0.3 is 0 Å². The normalized spacial score (nSPS) is 14.9. The first-order valence-corrected chi connectivity index (χ1v) is 10.6. The number of nitrogens with one attached hydrogen (secondary N) is 1. The van der Waals surface area contributed by atoms with E-state index in [1.54, 1.807) is 30.3 Å². The van der Waals surface area contributed by atoms with E-state index >= 15 is 0 Å². The van der Waals surface area contributed by atoms with E-state index in [-0.39, 0.29) is 10.8 Å². The van der Waals surface area contributed by atoms with E-state index in [2.05, 4.69) is 5.32 Å². The topological polar surface area (TPSA) is 79.0 Å². The maximum absolute atomic E-state index is 13.0. The number of amides is 1. The molecule has 2 aromatic rings. The number of carbonyl (C=O) groups excluding carboxylic acids is 1. The van der Waals surface area contributed by atoms with Crippen molar-refractivity contribution in [3.8, 4) is 0 Å². The van der Waals surface area contributed by atoms with Crippen molar-refractivity contribution in [1.82, 2.24) is 4.31 Å². The monoisotopic (exact) mass is 423 g/mol. The Morgan fingerprint density at radius 1 is 1.11 bits per heavy atom. The third kappa shape index (κ3) is 4.47. The highest BCUT2D eigenvalue weighted by atomic mass is 35.5. The molecule has 7 nitrogen and oxygen atoms in total. The van der Waals surface area contributed by atoms with Crippen LogP contribution in [-0.4, -0.2) is 59.0 Å². The molecule has 28 heavy (non-hydrogen) atoms. The molecule has 1 N–H and O–H groups in total. The summed E-state index contributed by atoms with van der Waals surface area (Å²) in [6.07, 6.45) is 0. The van der Waals surface area contributed by atoms with Crippen LogP contribution in [0.15, 0.2) is 47.4 Å². The van der Waals surface area contributed by atoms with Gasteiger partial charge in [0.25, 0.3) is 5.91 Å². The number of morpholine rings is 1. The summed E-state index contributed by atoms with van der Waals surface area (Å²) < 4.78 is 31.6. The van der Waals surface area contributed by atoms with Crippen molar-refractivity contribution in [2.75, 3.05) is 50.6 Å². The molecule has 0 spiro atoms. The number of nitrogens with zero attached hydrogens (tertiary/aromatic N) is 2. The van der Waals surface area contributed by atoms with E-state index in [4.69, 9.17) is 16.3 Å². The van der Waals surface area contributed by atoms with Gasteiger partial charge in [-0.25, -0.2) is 12.7 Å². The Kier molecular flexibility index (Phi) is 6.24. The van der Waals surface area contributed by atoms with E-state index < -0.39 is 10.0 Å². The second-order valence-corrected chi connectivity index (χ2v) is 9.12. The van der Waals surface area contributed by atoms with E-state index in [9.17, 15) is 13.2 Å². The Hall–Kier alpha value is -2.13. The average molecular weight is 424 g/mol. The second-order valence-electron chi connectivity index (χ2n) is 6.53. The van der Waals surface area contributed by atoms with Crippen molar-refractivity contribution < 1.29 is 17.9 Å². The van der Waals surface area contributed by atoms with Gasteiger partial charge in [0.2, 0.25) is 10.0 Å². The zero-order chi connectivity index (χ0) is 20.3. The summed E-state index contributed by atoms with van der Waals surface area (Å²) in [6, 6.07) is 11.4. The van der Waals surface area contributed by atoms with E-state index in [0.29, 0.717) is 48.3 Å². The number of sulfonamides is 1. The number of benzene rings is 2. The van der Waals surface area contributed by atoms with E-state index in [1.807, 2.05) is 4.90 Å². The fourth-order valence-electron chi connectivity index (χ4n) is 2.88. The highest BCUT2D eigenvalue weighted by Crippen LogP contribution is 2.27. The summed E-state index contributed by atoms with van der Waals surface area (Å²) in [5.41, 5.74) is 1.54. The highest BCUT2D eigenvalue weighted by molar-refractivity contribution is 7.89. The first kappa shape index (κ1) is 20.6. The lowest BCUT2D eigenvalue weighted by molar-refractivity contribution is 0.102. The van der Waals surface area contributed by atoms with Gasteiger partial charge < -0.3 is 15.0 Å². The van der Waals surface area contributed by atoms with Crippen LogP contribution >= 0.6 is 11.6 Å². The Labute approximate surface area is 169 Å². The van der Waals surface area contributed by atoms with E-state index in [0.717, 1.165) is 4.31 Å². The van der Waals surface area contributed by atoms with Gasteiger partial charge in [-0.3, -0.25) is 4.79 Å². The average Bonchev–Trinajstić information content (AvgIpc) is 2.69. The molecular formula is C19H22ClN3O4S. The van der Waals surface area contributed by atoms with Crippen LogP contribution in [0.3, 0.4) is 0 Å². The molecule has 1 heterocycles. The van der Waals surface area contributed by atoms with Crippen molar-refractivity contribution in [2.24, 2.45) is 0 Å². The van der Waals surface area contributed by atoms with Gasteiger partial charge in [-0.2, -0.15) is 0 Å². The summed E-state index contributed by atoms with van der Waals surface area (Å²) in [6.45, 7) is 2.36. The van der Waals surface area contributed by atoms with Gasteiger partial charge in [0, 0.05) is 43.6 Å². The zero-order valence-electron chi connectivity index (χ0n) is 15.7. The second kappa shape index (κ2) is 8.48. The molecule has 0 radical (unpaired) electrons. The number of hydrogen-bond donors (Lipinski definition) is 1. The number of anilines is 2. The van der Waals surface area contributed by atoms with Crippen LogP contribution in [0.25, 0.3) is 0 Å². The predicted molar refractivity (Wildman–Crippen MR) is 110 cm³/mol. The SMILES string of the molecule is CN(C)S(=O)(=O)c1ccc(N2CCOCC2)c(C(=O)Nc2ccc(Cl)cc2)c1. The lowest BCUT2D eigenvalue weighted by Gasteiger charge is -2.30. The molecule has 1 fully saturated rings. The predicted octanol–water partition coefficient (Wildman–Crippen LogP) is 2.68. The van der Waals surface area contributed by atoms with Gasteiger partial charge in [-0.1, -0.05) is 11.6 Å². The van der Waals surface area contributed by atoms with E-state index in [1.165, 1.54) is 26.2 Å². The first-order chi connectivity index (χ1) is 13.3. The Balaban J connectivity index is 2.00. The number of rotatable bonds is 5. The van der Waals surface area contributed by atoms with Gasteiger partial charge in [0.1, 0.15) is 0 Å². The summed E-state index contributed by atoms with van der Waals surface area (Å²) >= 11 is 5.89. The Morgan fingerprint density at radius 3 is 2.36 bits per heavy atom. The number of ether oxygens (including phenoxy) is 1. The zero-order valence-corrected chi connectivity index (χ0v) is 17.3. The third-order valence-electron chi connectivity index (χ3n) is 4.45. The third-order valence-corrected chi connectivity index (χ3v) is 6.51. The molecule has 0 bridgehead atoms. The van der Waals surface area contributed by atoms with Crippen LogP contribution in [0.2, 0.25) is 5.02 Å². The quantitative estimate of drug-likeness (QED) is 0.799. The lowest BCUT2D eigenvalue weighted by atomic mass is 10.1. The molecule has 1 saturated heterocycles. The number of carbonyl (C=O) groups is 1. The minimum atomic E-state index is -3.67. The Bertz CT molecular complexity index is 956. The maximum atomic E-state index is 13.0. The first-order valence-electron chi connectivity index (χ1n) is 8.75. The molecule has 0 unspecified atom stereocenters. The molecule has 0 aliphatic carbocycles. The standard InChI is InChI=1S/C19H22ClN3O4S/c1-22(2)28(25,26)16-7-8-18(23-9-11-27-12-10-23)17(13-16)19(24)21-15-5-3-14(20)4-6-15/h3-8,13H,9-12H2,1-2H3,(H,21,24). The largest absolute Gasteiger partial charge is 0.378 e. The molecule has 0 saturated carbocycles. The maximum Gasteiger partial charge on any atom is 0.257 e. The van der Waals surface area contributed by atoms with Gasteiger partial charge in [-0.15, -0.1) is 0 Å². The Morgan fingerprint density at radius 2 is 1.75 bits per heavy atom.